The summed E-state index contributed by atoms with van der Waals surface area (Å²) >= 11 is 3.55. The third-order valence-corrected chi connectivity index (χ3v) is 7.62. The zero-order valence-corrected chi connectivity index (χ0v) is 20.9. The molecule has 0 fully saturated rings. The molecular formula is C30H21BrN4. The molecule has 4 nitrogen and oxygen atoms in total. The maximum atomic E-state index is 5.04. The van der Waals surface area contributed by atoms with Gasteiger partial charge in [-0.2, -0.15) is 9.50 Å². The van der Waals surface area contributed by atoms with Gasteiger partial charge in [-0.05, 0) is 46.5 Å². The molecule has 2 aromatic heterocycles. The minimum Gasteiger partial charge on any atom is -0.210 e. The summed E-state index contributed by atoms with van der Waals surface area (Å²) in [6, 6.07) is 31.8. The topological polar surface area (TPSA) is 43.1 Å². The Morgan fingerprint density at radius 3 is 2.40 bits per heavy atom. The second kappa shape index (κ2) is 7.33. The third kappa shape index (κ3) is 3.01. The van der Waals surface area contributed by atoms with Crippen molar-refractivity contribution in [1.29, 1.82) is 0 Å². The fourth-order valence-electron chi connectivity index (χ4n) is 5.38. The number of aromatic nitrogens is 4. The molecule has 1 aliphatic rings. The Hall–Kier alpha value is -3.83. The first kappa shape index (κ1) is 20.5. The maximum Gasteiger partial charge on any atom is 0.253 e. The van der Waals surface area contributed by atoms with Crippen LogP contribution in [-0.4, -0.2) is 19.6 Å². The van der Waals surface area contributed by atoms with Crippen molar-refractivity contribution < 1.29 is 0 Å². The van der Waals surface area contributed by atoms with Gasteiger partial charge in [0, 0.05) is 26.4 Å². The van der Waals surface area contributed by atoms with E-state index in [0.29, 0.717) is 11.6 Å². The summed E-state index contributed by atoms with van der Waals surface area (Å²) in [4.78, 5) is 9.86. The first-order chi connectivity index (χ1) is 17.0. The Morgan fingerprint density at radius 1 is 0.714 bits per heavy atom. The number of hydrogen-bond acceptors (Lipinski definition) is 3. The number of rotatable bonds is 2. The molecule has 4 aromatic carbocycles. The summed E-state index contributed by atoms with van der Waals surface area (Å²) in [6.07, 6.45) is 0. The van der Waals surface area contributed by atoms with Gasteiger partial charge in [-0.25, -0.2) is 4.98 Å². The highest BCUT2D eigenvalue weighted by molar-refractivity contribution is 9.10. The second-order valence-electron chi connectivity index (χ2n) is 9.57. The zero-order chi connectivity index (χ0) is 23.7. The predicted octanol–water partition coefficient (Wildman–Crippen LogP) is 7.68. The third-order valence-electron chi connectivity index (χ3n) is 7.13. The van der Waals surface area contributed by atoms with E-state index in [1.807, 2.05) is 34.8 Å². The molecule has 0 N–H and O–H groups in total. The first-order valence-corrected chi connectivity index (χ1v) is 12.5. The van der Waals surface area contributed by atoms with Crippen LogP contribution in [-0.2, 0) is 5.41 Å². The lowest BCUT2D eigenvalue weighted by molar-refractivity contribution is 0.660. The molecule has 0 bridgehead atoms. The van der Waals surface area contributed by atoms with Gasteiger partial charge < -0.3 is 0 Å². The van der Waals surface area contributed by atoms with E-state index in [1.54, 1.807) is 0 Å². The summed E-state index contributed by atoms with van der Waals surface area (Å²) in [6.45, 7) is 4.61. The molecule has 0 spiro atoms. The summed E-state index contributed by atoms with van der Waals surface area (Å²) in [7, 11) is 0. The van der Waals surface area contributed by atoms with Gasteiger partial charge in [0.2, 0.25) is 0 Å². The van der Waals surface area contributed by atoms with E-state index < -0.39 is 0 Å². The highest BCUT2D eigenvalue weighted by Gasteiger charge is 2.35. The lowest BCUT2D eigenvalue weighted by Crippen LogP contribution is -2.15. The van der Waals surface area contributed by atoms with Crippen molar-refractivity contribution in [2.45, 2.75) is 19.3 Å². The van der Waals surface area contributed by atoms with Gasteiger partial charge in [-0.1, -0.05) is 96.5 Å². The van der Waals surface area contributed by atoms with Crippen LogP contribution >= 0.6 is 15.9 Å². The van der Waals surface area contributed by atoms with Crippen molar-refractivity contribution >= 4 is 32.6 Å². The average Bonchev–Trinajstić information content (AvgIpc) is 3.41. The van der Waals surface area contributed by atoms with Gasteiger partial charge in [0.05, 0.1) is 11.2 Å². The zero-order valence-electron chi connectivity index (χ0n) is 19.3. The van der Waals surface area contributed by atoms with E-state index in [1.165, 1.54) is 22.3 Å². The number of benzene rings is 4. The molecule has 0 radical (unpaired) electrons. The Morgan fingerprint density at radius 2 is 1.51 bits per heavy atom. The van der Waals surface area contributed by atoms with Crippen LogP contribution < -0.4 is 0 Å². The van der Waals surface area contributed by atoms with Crippen LogP contribution in [0.3, 0.4) is 0 Å². The van der Waals surface area contributed by atoms with E-state index in [2.05, 4.69) is 90.4 Å². The van der Waals surface area contributed by atoms with Gasteiger partial charge in [-0.3, -0.25) is 0 Å². The van der Waals surface area contributed by atoms with Gasteiger partial charge in [0.1, 0.15) is 0 Å². The Balaban J connectivity index is 1.46. The Bertz CT molecular complexity index is 1800. The number of nitrogens with zero attached hydrogens (tertiary/aromatic N) is 4. The summed E-state index contributed by atoms with van der Waals surface area (Å²) in [5.41, 5.74) is 9.23. The second-order valence-corrected chi connectivity index (χ2v) is 10.5. The van der Waals surface area contributed by atoms with Crippen molar-refractivity contribution in [3.8, 4) is 33.8 Å². The van der Waals surface area contributed by atoms with E-state index in [-0.39, 0.29) is 5.41 Å². The minimum atomic E-state index is -0.0649. The molecule has 2 heterocycles. The Labute approximate surface area is 211 Å². The van der Waals surface area contributed by atoms with Crippen LogP contribution in [0.5, 0.6) is 0 Å². The van der Waals surface area contributed by atoms with E-state index in [0.717, 1.165) is 32.2 Å². The molecule has 0 aliphatic heterocycles. The monoisotopic (exact) mass is 516 g/mol. The smallest absolute Gasteiger partial charge is 0.210 e. The summed E-state index contributed by atoms with van der Waals surface area (Å²) in [5.74, 6) is 1.25. The molecule has 0 saturated heterocycles. The molecular weight excluding hydrogens is 496 g/mol. The van der Waals surface area contributed by atoms with Crippen LogP contribution in [0.15, 0.2) is 95.5 Å². The van der Waals surface area contributed by atoms with E-state index in [9.17, 15) is 0 Å². The average molecular weight is 517 g/mol. The quantitative estimate of drug-likeness (QED) is 0.237. The number of para-hydroxylation sites is 1. The van der Waals surface area contributed by atoms with Gasteiger partial charge in [-0.15, -0.1) is 5.10 Å². The Kier molecular flexibility index (Phi) is 4.30. The van der Waals surface area contributed by atoms with Gasteiger partial charge in [0.25, 0.3) is 5.78 Å². The van der Waals surface area contributed by atoms with E-state index in [4.69, 9.17) is 15.1 Å². The van der Waals surface area contributed by atoms with E-state index >= 15 is 0 Å². The highest BCUT2D eigenvalue weighted by Crippen LogP contribution is 2.49. The first-order valence-electron chi connectivity index (χ1n) is 11.7. The SMILES string of the molecule is CC1(C)c2ccccc2-c2ccc(-c3nc4nc(-c5cccc(Br)c5)nn4c4ccccc34)cc21. The number of hydrogen-bond donors (Lipinski definition) is 0. The largest absolute Gasteiger partial charge is 0.253 e. The molecule has 168 valence electrons. The fourth-order valence-corrected chi connectivity index (χ4v) is 5.78. The van der Waals surface area contributed by atoms with Crippen LogP contribution in [0.4, 0.5) is 0 Å². The van der Waals surface area contributed by atoms with Crippen LogP contribution in [0.25, 0.3) is 50.5 Å². The lowest BCUT2D eigenvalue weighted by Gasteiger charge is -2.22. The number of fused-ring (bicyclic) bond motifs is 6. The standard InChI is InChI=1S/C30H21BrN4/c1-30(2)24-12-5-3-10-21(24)22-15-14-18(17-25(22)30)27-23-11-4-6-13-26(23)35-29(32-27)33-28(34-35)19-8-7-9-20(31)16-19/h3-17H,1-2H3. The summed E-state index contributed by atoms with van der Waals surface area (Å²) in [5, 5.41) is 5.87. The molecule has 35 heavy (non-hydrogen) atoms. The molecule has 0 atom stereocenters. The van der Waals surface area contributed by atoms with Crippen molar-refractivity contribution in [2.75, 3.05) is 0 Å². The highest BCUT2D eigenvalue weighted by atomic mass is 79.9. The normalized spacial score (nSPS) is 13.8. The van der Waals surface area contributed by atoms with Gasteiger partial charge >= 0.3 is 0 Å². The maximum absolute atomic E-state index is 5.04. The summed E-state index contributed by atoms with van der Waals surface area (Å²) < 4.78 is 2.84. The van der Waals surface area contributed by atoms with Gasteiger partial charge in [0.15, 0.2) is 5.82 Å². The predicted molar refractivity (Wildman–Crippen MR) is 144 cm³/mol. The molecule has 1 aliphatic carbocycles. The van der Waals surface area contributed by atoms with Crippen molar-refractivity contribution in [2.24, 2.45) is 0 Å². The van der Waals surface area contributed by atoms with Crippen molar-refractivity contribution in [3.05, 3.63) is 107 Å². The fraction of sp³-hybridized carbons (Fsp3) is 0.100. The number of halogens is 1. The molecule has 6 aromatic rings. The van der Waals surface area contributed by atoms with Crippen molar-refractivity contribution in [3.63, 3.8) is 0 Å². The van der Waals surface area contributed by atoms with Crippen LogP contribution in [0.1, 0.15) is 25.0 Å². The molecule has 0 saturated carbocycles. The molecule has 0 amide bonds. The minimum absolute atomic E-state index is 0.0649. The van der Waals surface area contributed by atoms with Crippen LogP contribution in [0, 0.1) is 0 Å². The lowest BCUT2D eigenvalue weighted by atomic mass is 9.82. The molecule has 5 heteroatoms. The van der Waals surface area contributed by atoms with Crippen LogP contribution in [0.2, 0.25) is 0 Å². The molecule has 0 unspecified atom stereocenters. The van der Waals surface area contributed by atoms with Crippen molar-refractivity contribution in [1.82, 2.24) is 19.6 Å². The molecule has 7 rings (SSSR count).